The first-order valence-corrected chi connectivity index (χ1v) is 8.36. The number of ether oxygens (including phenoxy) is 1. The molecular formula is C20H17ClN2O. The molecule has 0 amide bonds. The minimum Gasteiger partial charge on any atom is -0.477 e. The number of fused-ring (bicyclic) bond motifs is 3. The van der Waals surface area contributed by atoms with Crippen molar-refractivity contribution in [3.8, 4) is 11.6 Å². The van der Waals surface area contributed by atoms with Crippen LogP contribution in [0.3, 0.4) is 0 Å². The SMILES string of the molecule is CCOc1nc2ccccc2c2cn(-c3ccc(Cl)cc3)c(C)c12. The lowest BCUT2D eigenvalue weighted by molar-refractivity contribution is 0.332. The summed E-state index contributed by atoms with van der Waals surface area (Å²) in [5.41, 5.74) is 3.12. The molecule has 0 unspecified atom stereocenters. The van der Waals surface area contributed by atoms with E-state index >= 15 is 0 Å². The van der Waals surface area contributed by atoms with E-state index in [1.54, 1.807) is 0 Å². The highest BCUT2D eigenvalue weighted by molar-refractivity contribution is 6.30. The molecule has 0 spiro atoms. The van der Waals surface area contributed by atoms with Gasteiger partial charge in [0.15, 0.2) is 0 Å². The van der Waals surface area contributed by atoms with Crippen LogP contribution in [0.2, 0.25) is 5.02 Å². The number of halogens is 1. The maximum Gasteiger partial charge on any atom is 0.223 e. The summed E-state index contributed by atoms with van der Waals surface area (Å²) >= 11 is 6.02. The van der Waals surface area contributed by atoms with E-state index in [1.165, 1.54) is 0 Å². The molecule has 0 bridgehead atoms. The lowest BCUT2D eigenvalue weighted by Gasteiger charge is -2.08. The highest BCUT2D eigenvalue weighted by Crippen LogP contribution is 2.35. The van der Waals surface area contributed by atoms with Crippen LogP contribution in [-0.4, -0.2) is 16.2 Å². The first kappa shape index (κ1) is 15.0. The summed E-state index contributed by atoms with van der Waals surface area (Å²) in [6.45, 7) is 4.66. The van der Waals surface area contributed by atoms with Crippen LogP contribution in [-0.2, 0) is 0 Å². The second-order valence-corrected chi connectivity index (χ2v) is 6.15. The average Bonchev–Trinajstić information content (AvgIpc) is 2.94. The molecular weight excluding hydrogens is 320 g/mol. The van der Waals surface area contributed by atoms with Crippen LogP contribution < -0.4 is 4.74 Å². The molecule has 0 saturated carbocycles. The molecule has 0 N–H and O–H groups in total. The highest BCUT2D eigenvalue weighted by Gasteiger charge is 2.16. The number of nitrogens with zero attached hydrogens (tertiary/aromatic N) is 2. The summed E-state index contributed by atoms with van der Waals surface area (Å²) in [5.74, 6) is 0.691. The average molecular weight is 337 g/mol. The minimum absolute atomic E-state index is 0.589. The van der Waals surface area contributed by atoms with E-state index in [-0.39, 0.29) is 0 Å². The van der Waals surface area contributed by atoms with Crippen molar-refractivity contribution in [2.24, 2.45) is 0 Å². The molecule has 0 saturated heterocycles. The third-order valence-electron chi connectivity index (χ3n) is 4.27. The van der Waals surface area contributed by atoms with Gasteiger partial charge < -0.3 is 9.30 Å². The van der Waals surface area contributed by atoms with Crippen molar-refractivity contribution in [1.29, 1.82) is 0 Å². The molecule has 0 aliphatic rings. The van der Waals surface area contributed by atoms with Crippen molar-refractivity contribution in [2.45, 2.75) is 13.8 Å². The summed E-state index contributed by atoms with van der Waals surface area (Å²) < 4.78 is 8.00. The second kappa shape index (κ2) is 5.84. The molecule has 2 aromatic heterocycles. The van der Waals surface area contributed by atoms with Gasteiger partial charge in [0.05, 0.1) is 17.5 Å². The normalized spacial score (nSPS) is 11.3. The fourth-order valence-electron chi connectivity index (χ4n) is 3.16. The van der Waals surface area contributed by atoms with Crippen LogP contribution in [0.1, 0.15) is 12.6 Å². The van der Waals surface area contributed by atoms with Crippen molar-refractivity contribution in [3.05, 3.63) is 65.4 Å². The van der Waals surface area contributed by atoms with Gasteiger partial charge in [0.1, 0.15) is 0 Å². The summed E-state index contributed by atoms with van der Waals surface area (Å²) in [4.78, 5) is 4.72. The molecule has 2 heterocycles. The van der Waals surface area contributed by atoms with Gasteiger partial charge in [0.2, 0.25) is 5.88 Å². The lowest BCUT2D eigenvalue weighted by atomic mass is 10.1. The van der Waals surface area contributed by atoms with Gasteiger partial charge >= 0.3 is 0 Å². The van der Waals surface area contributed by atoms with E-state index in [4.69, 9.17) is 21.3 Å². The van der Waals surface area contributed by atoms with Crippen LogP contribution in [0, 0.1) is 6.92 Å². The molecule has 4 aromatic rings. The number of pyridine rings is 1. The number of aryl methyl sites for hydroxylation is 1. The van der Waals surface area contributed by atoms with Crippen LogP contribution in [0.4, 0.5) is 0 Å². The Morgan fingerprint density at radius 3 is 2.54 bits per heavy atom. The molecule has 0 fully saturated rings. The topological polar surface area (TPSA) is 27.1 Å². The number of hydrogen-bond donors (Lipinski definition) is 0. The Labute approximate surface area is 145 Å². The standard InChI is InChI=1S/C20H17ClN2O/c1-3-24-20-19-13(2)23(15-10-8-14(21)9-11-15)12-17(19)16-6-4-5-7-18(16)22-20/h4-12H,3H2,1-2H3. The molecule has 2 aromatic carbocycles. The molecule has 4 heteroatoms. The number of hydrogen-bond acceptors (Lipinski definition) is 2. The molecule has 4 rings (SSSR count). The second-order valence-electron chi connectivity index (χ2n) is 5.72. The van der Waals surface area contributed by atoms with E-state index in [2.05, 4.69) is 23.8 Å². The summed E-state index contributed by atoms with van der Waals surface area (Å²) in [6.07, 6.45) is 2.15. The van der Waals surface area contributed by atoms with Gasteiger partial charge in [-0.25, -0.2) is 4.98 Å². The van der Waals surface area contributed by atoms with Crippen LogP contribution in [0.25, 0.3) is 27.4 Å². The van der Waals surface area contributed by atoms with Crippen LogP contribution in [0.15, 0.2) is 54.7 Å². The Bertz CT molecular complexity index is 1040. The van der Waals surface area contributed by atoms with Crippen molar-refractivity contribution in [3.63, 3.8) is 0 Å². The minimum atomic E-state index is 0.589. The zero-order valence-electron chi connectivity index (χ0n) is 13.6. The Kier molecular flexibility index (Phi) is 3.66. The third-order valence-corrected chi connectivity index (χ3v) is 4.52. The van der Waals surface area contributed by atoms with Crippen molar-refractivity contribution < 1.29 is 4.74 Å². The molecule has 3 nitrogen and oxygen atoms in total. The Morgan fingerprint density at radius 2 is 1.79 bits per heavy atom. The van der Waals surface area contributed by atoms with Gasteiger partial charge in [-0.15, -0.1) is 0 Å². The maximum atomic E-state index is 6.02. The maximum absolute atomic E-state index is 6.02. The predicted molar refractivity (Wildman–Crippen MR) is 99.5 cm³/mol. The van der Waals surface area contributed by atoms with E-state index in [0.717, 1.165) is 38.1 Å². The Hall–Kier alpha value is -2.52. The highest BCUT2D eigenvalue weighted by atomic mass is 35.5. The fourth-order valence-corrected chi connectivity index (χ4v) is 3.28. The first-order valence-electron chi connectivity index (χ1n) is 7.98. The van der Waals surface area contributed by atoms with Crippen LogP contribution in [0.5, 0.6) is 5.88 Å². The zero-order chi connectivity index (χ0) is 16.7. The van der Waals surface area contributed by atoms with Crippen molar-refractivity contribution >= 4 is 33.3 Å². The smallest absolute Gasteiger partial charge is 0.223 e. The largest absolute Gasteiger partial charge is 0.477 e. The number of rotatable bonds is 3. The van der Waals surface area contributed by atoms with Gasteiger partial charge in [-0.3, -0.25) is 0 Å². The van der Waals surface area contributed by atoms with Gasteiger partial charge in [-0.2, -0.15) is 0 Å². The van der Waals surface area contributed by atoms with Crippen molar-refractivity contribution in [1.82, 2.24) is 9.55 Å². The van der Waals surface area contributed by atoms with E-state index in [0.29, 0.717) is 12.5 Å². The Balaban J connectivity index is 2.07. The molecule has 24 heavy (non-hydrogen) atoms. The Morgan fingerprint density at radius 1 is 1.04 bits per heavy atom. The fraction of sp³-hybridized carbons (Fsp3) is 0.150. The summed E-state index contributed by atoms with van der Waals surface area (Å²) in [7, 11) is 0. The summed E-state index contributed by atoms with van der Waals surface area (Å²) in [5, 5.41) is 4.07. The molecule has 0 radical (unpaired) electrons. The molecule has 120 valence electrons. The number of para-hydroxylation sites is 1. The van der Waals surface area contributed by atoms with E-state index in [1.807, 2.05) is 49.4 Å². The molecule has 0 aliphatic heterocycles. The van der Waals surface area contributed by atoms with Crippen molar-refractivity contribution in [2.75, 3.05) is 6.61 Å². The van der Waals surface area contributed by atoms with E-state index < -0.39 is 0 Å². The van der Waals surface area contributed by atoms with Gasteiger partial charge in [-0.1, -0.05) is 29.8 Å². The van der Waals surface area contributed by atoms with Gasteiger partial charge in [0.25, 0.3) is 0 Å². The van der Waals surface area contributed by atoms with E-state index in [9.17, 15) is 0 Å². The predicted octanol–water partition coefficient (Wildman–Crippen LogP) is 5.54. The molecule has 0 atom stereocenters. The number of benzene rings is 2. The third kappa shape index (κ3) is 2.33. The summed E-state index contributed by atoms with van der Waals surface area (Å²) in [6, 6.07) is 16.0. The molecule has 0 aliphatic carbocycles. The van der Waals surface area contributed by atoms with Gasteiger partial charge in [-0.05, 0) is 44.2 Å². The first-order chi connectivity index (χ1) is 11.7. The van der Waals surface area contributed by atoms with Crippen LogP contribution >= 0.6 is 11.6 Å². The van der Waals surface area contributed by atoms with Gasteiger partial charge in [0, 0.05) is 33.4 Å². The zero-order valence-corrected chi connectivity index (χ0v) is 14.3. The lowest BCUT2D eigenvalue weighted by Crippen LogP contribution is -1.97. The number of aromatic nitrogens is 2. The monoisotopic (exact) mass is 336 g/mol. The quantitative estimate of drug-likeness (QED) is 0.491.